The van der Waals surface area contributed by atoms with Gasteiger partial charge >= 0.3 is 0 Å². The molecule has 1 N–H and O–H groups in total. The van der Waals surface area contributed by atoms with Crippen LogP contribution in [0.1, 0.15) is 50.0 Å². The quantitative estimate of drug-likeness (QED) is 0.840. The summed E-state index contributed by atoms with van der Waals surface area (Å²) in [7, 11) is 0. The van der Waals surface area contributed by atoms with Crippen LogP contribution in [-0.2, 0) is 0 Å². The Morgan fingerprint density at radius 2 is 1.82 bits per heavy atom. The van der Waals surface area contributed by atoms with Crippen LogP contribution in [0.25, 0.3) is 0 Å². The molecule has 1 unspecified atom stereocenters. The normalized spacial score (nSPS) is 22.8. The Kier molecular flexibility index (Phi) is 3.41. The molecule has 0 aromatic carbocycles. The minimum Gasteiger partial charge on any atom is -0.313 e. The Hall–Kier alpha value is -0.890. The molecule has 92 valence electrons. The molecule has 1 heterocycles. The summed E-state index contributed by atoms with van der Waals surface area (Å²) in [6, 6.07) is 5.23. The molecule has 2 aliphatic rings. The van der Waals surface area contributed by atoms with E-state index in [-0.39, 0.29) is 0 Å². The van der Waals surface area contributed by atoms with Crippen LogP contribution in [0.5, 0.6) is 0 Å². The molecule has 0 aliphatic heterocycles. The minimum atomic E-state index is 0.709. The second kappa shape index (κ2) is 5.18. The van der Waals surface area contributed by atoms with Crippen LogP contribution in [0.15, 0.2) is 24.5 Å². The third kappa shape index (κ3) is 2.86. The molecule has 0 radical (unpaired) electrons. The molecule has 1 atom stereocenters. The molecule has 2 nitrogen and oxygen atoms in total. The van der Waals surface area contributed by atoms with Gasteiger partial charge in [-0.15, -0.1) is 0 Å². The van der Waals surface area contributed by atoms with Gasteiger partial charge in [-0.25, -0.2) is 0 Å². The van der Waals surface area contributed by atoms with Crippen molar-refractivity contribution in [1.29, 1.82) is 0 Å². The average Bonchev–Trinajstić information content (AvgIpc) is 3.04. The SMILES string of the molecule is c1cc(C(CNC2CC2)C2CCCC2)ccn1. The molecule has 2 fully saturated rings. The fourth-order valence-corrected chi connectivity index (χ4v) is 3.11. The van der Waals surface area contributed by atoms with E-state index in [9.17, 15) is 0 Å². The zero-order valence-corrected chi connectivity index (χ0v) is 10.4. The van der Waals surface area contributed by atoms with E-state index in [1.165, 1.54) is 50.6 Å². The highest BCUT2D eigenvalue weighted by Crippen LogP contribution is 2.37. The summed E-state index contributed by atoms with van der Waals surface area (Å²) in [6.45, 7) is 1.17. The first-order valence-electron chi connectivity index (χ1n) is 7.07. The van der Waals surface area contributed by atoms with Crippen LogP contribution >= 0.6 is 0 Å². The topological polar surface area (TPSA) is 24.9 Å². The van der Waals surface area contributed by atoms with Crippen molar-refractivity contribution in [3.63, 3.8) is 0 Å². The monoisotopic (exact) mass is 230 g/mol. The summed E-state index contributed by atoms with van der Waals surface area (Å²) >= 11 is 0. The van der Waals surface area contributed by atoms with E-state index in [1.54, 1.807) is 0 Å². The second-order valence-corrected chi connectivity index (χ2v) is 5.61. The Bertz CT molecular complexity index is 339. The largest absolute Gasteiger partial charge is 0.313 e. The van der Waals surface area contributed by atoms with Crippen LogP contribution in [0.3, 0.4) is 0 Å². The van der Waals surface area contributed by atoms with E-state index in [4.69, 9.17) is 0 Å². The highest BCUT2D eigenvalue weighted by Gasteiger charge is 2.28. The molecular formula is C15H22N2. The first-order valence-corrected chi connectivity index (χ1v) is 7.07. The van der Waals surface area contributed by atoms with Gasteiger partial charge in [0.2, 0.25) is 0 Å². The first kappa shape index (κ1) is 11.2. The molecule has 2 aliphatic carbocycles. The summed E-state index contributed by atoms with van der Waals surface area (Å²) in [5.74, 6) is 1.60. The number of nitrogens with one attached hydrogen (secondary N) is 1. The lowest BCUT2D eigenvalue weighted by molar-refractivity contribution is 0.410. The van der Waals surface area contributed by atoms with Crippen molar-refractivity contribution in [2.24, 2.45) is 5.92 Å². The van der Waals surface area contributed by atoms with Crippen LogP contribution in [0.2, 0.25) is 0 Å². The lowest BCUT2D eigenvalue weighted by Crippen LogP contribution is -2.27. The summed E-state index contributed by atoms with van der Waals surface area (Å²) in [5, 5.41) is 3.71. The summed E-state index contributed by atoms with van der Waals surface area (Å²) in [4.78, 5) is 4.14. The first-order chi connectivity index (χ1) is 8.43. The van der Waals surface area contributed by atoms with E-state index in [0.717, 1.165) is 12.0 Å². The van der Waals surface area contributed by atoms with Crippen molar-refractivity contribution in [3.8, 4) is 0 Å². The molecule has 1 aromatic heterocycles. The second-order valence-electron chi connectivity index (χ2n) is 5.61. The highest BCUT2D eigenvalue weighted by atomic mass is 14.9. The lowest BCUT2D eigenvalue weighted by Gasteiger charge is -2.24. The molecule has 0 spiro atoms. The van der Waals surface area contributed by atoms with Gasteiger partial charge in [-0.1, -0.05) is 12.8 Å². The van der Waals surface area contributed by atoms with Crippen LogP contribution in [0, 0.1) is 5.92 Å². The molecule has 17 heavy (non-hydrogen) atoms. The number of rotatable bonds is 5. The van der Waals surface area contributed by atoms with Crippen LogP contribution < -0.4 is 5.32 Å². The van der Waals surface area contributed by atoms with Crippen molar-refractivity contribution in [1.82, 2.24) is 10.3 Å². The molecule has 1 aromatic rings. The number of pyridine rings is 1. The summed E-state index contributed by atoms with van der Waals surface area (Å²) < 4.78 is 0. The summed E-state index contributed by atoms with van der Waals surface area (Å²) in [6.07, 6.45) is 12.3. The van der Waals surface area contributed by atoms with Gasteiger partial charge < -0.3 is 5.32 Å². The van der Waals surface area contributed by atoms with Crippen molar-refractivity contribution in [3.05, 3.63) is 30.1 Å². The van der Waals surface area contributed by atoms with Gasteiger partial charge in [0.25, 0.3) is 0 Å². The lowest BCUT2D eigenvalue weighted by atomic mass is 9.85. The molecule has 3 rings (SSSR count). The number of hydrogen-bond acceptors (Lipinski definition) is 2. The van der Waals surface area contributed by atoms with Crippen molar-refractivity contribution in [2.45, 2.75) is 50.5 Å². The maximum Gasteiger partial charge on any atom is 0.0270 e. The Balaban J connectivity index is 1.69. The third-order valence-corrected chi connectivity index (χ3v) is 4.31. The van der Waals surface area contributed by atoms with E-state index in [2.05, 4.69) is 22.4 Å². The third-order valence-electron chi connectivity index (χ3n) is 4.31. The maximum atomic E-state index is 4.14. The number of nitrogens with zero attached hydrogens (tertiary/aromatic N) is 1. The van der Waals surface area contributed by atoms with Gasteiger partial charge in [-0.05, 0) is 55.2 Å². The van der Waals surface area contributed by atoms with Crippen LogP contribution in [-0.4, -0.2) is 17.6 Å². The molecule has 2 saturated carbocycles. The fourth-order valence-electron chi connectivity index (χ4n) is 3.11. The zero-order chi connectivity index (χ0) is 11.5. The Morgan fingerprint density at radius 3 is 2.47 bits per heavy atom. The Labute approximate surface area is 104 Å². The predicted octanol–water partition coefficient (Wildman–Crippen LogP) is 3.11. The van der Waals surface area contributed by atoms with Gasteiger partial charge in [0.05, 0.1) is 0 Å². The van der Waals surface area contributed by atoms with Crippen molar-refractivity contribution >= 4 is 0 Å². The molecular weight excluding hydrogens is 208 g/mol. The average molecular weight is 230 g/mol. The van der Waals surface area contributed by atoms with E-state index in [1.807, 2.05) is 12.4 Å². The van der Waals surface area contributed by atoms with E-state index >= 15 is 0 Å². The predicted molar refractivity (Wildman–Crippen MR) is 70.0 cm³/mol. The molecule has 0 amide bonds. The van der Waals surface area contributed by atoms with Gasteiger partial charge in [-0.2, -0.15) is 0 Å². The summed E-state index contributed by atoms with van der Waals surface area (Å²) in [5.41, 5.74) is 1.49. The smallest absolute Gasteiger partial charge is 0.0270 e. The standard InChI is InChI=1S/C15H22N2/c1-2-4-12(3-1)15(11-17-14-5-6-14)13-7-9-16-10-8-13/h7-10,12,14-15,17H,1-6,11H2. The van der Waals surface area contributed by atoms with Gasteiger partial charge in [0.15, 0.2) is 0 Å². The highest BCUT2D eigenvalue weighted by molar-refractivity contribution is 5.18. The van der Waals surface area contributed by atoms with Crippen molar-refractivity contribution in [2.75, 3.05) is 6.54 Å². The van der Waals surface area contributed by atoms with Gasteiger partial charge in [0, 0.05) is 25.0 Å². The molecule has 0 saturated heterocycles. The van der Waals surface area contributed by atoms with E-state index in [0.29, 0.717) is 5.92 Å². The van der Waals surface area contributed by atoms with Gasteiger partial charge in [0.1, 0.15) is 0 Å². The Morgan fingerprint density at radius 1 is 1.12 bits per heavy atom. The molecule has 0 bridgehead atoms. The van der Waals surface area contributed by atoms with Crippen molar-refractivity contribution < 1.29 is 0 Å². The number of aromatic nitrogens is 1. The van der Waals surface area contributed by atoms with Crippen LogP contribution in [0.4, 0.5) is 0 Å². The fraction of sp³-hybridized carbons (Fsp3) is 0.667. The maximum absolute atomic E-state index is 4.14. The zero-order valence-electron chi connectivity index (χ0n) is 10.4. The van der Waals surface area contributed by atoms with E-state index < -0.39 is 0 Å². The minimum absolute atomic E-state index is 0.709. The van der Waals surface area contributed by atoms with Gasteiger partial charge in [-0.3, -0.25) is 4.98 Å². The number of hydrogen-bond donors (Lipinski definition) is 1. The molecule has 2 heteroatoms.